The highest BCUT2D eigenvalue weighted by molar-refractivity contribution is 6.04. The fraction of sp³-hybridized carbons (Fsp3) is 0.409. The highest BCUT2D eigenvalue weighted by Gasteiger charge is 2.17. The lowest BCUT2D eigenvalue weighted by Crippen LogP contribution is -2.47. The summed E-state index contributed by atoms with van der Waals surface area (Å²) in [6, 6.07) is 13.1. The summed E-state index contributed by atoms with van der Waals surface area (Å²) < 4.78 is 15.6. The van der Waals surface area contributed by atoms with E-state index in [0.29, 0.717) is 17.1 Å². The molecule has 1 saturated heterocycles. The minimum Gasteiger partial charge on any atom is -0.493 e. The van der Waals surface area contributed by atoms with Crippen molar-refractivity contribution < 1.29 is 19.0 Å². The van der Waals surface area contributed by atoms with Gasteiger partial charge in [-0.3, -0.25) is 9.69 Å². The van der Waals surface area contributed by atoms with Crippen LogP contribution in [0.5, 0.6) is 11.5 Å². The highest BCUT2D eigenvalue weighted by atomic mass is 16.5. The molecular weight excluding hydrogens is 370 g/mol. The van der Waals surface area contributed by atoms with Gasteiger partial charge < -0.3 is 24.4 Å². The zero-order chi connectivity index (χ0) is 20.6. The molecule has 0 spiro atoms. The van der Waals surface area contributed by atoms with Gasteiger partial charge in [0.1, 0.15) is 0 Å². The number of anilines is 2. The molecule has 1 heterocycles. The summed E-state index contributed by atoms with van der Waals surface area (Å²) in [4.78, 5) is 17.3. The van der Waals surface area contributed by atoms with E-state index in [9.17, 15) is 4.79 Å². The van der Waals surface area contributed by atoms with Gasteiger partial charge in [0.05, 0.1) is 20.8 Å². The quantitative estimate of drug-likeness (QED) is 0.737. The van der Waals surface area contributed by atoms with E-state index in [2.05, 4.69) is 27.2 Å². The normalized spacial score (nSPS) is 14.5. The van der Waals surface area contributed by atoms with Gasteiger partial charge in [-0.15, -0.1) is 0 Å². The van der Waals surface area contributed by atoms with Crippen molar-refractivity contribution in [2.24, 2.45) is 0 Å². The Kier molecular flexibility index (Phi) is 7.32. The molecule has 0 saturated carbocycles. The summed E-state index contributed by atoms with van der Waals surface area (Å²) in [6.07, 6.45) is 0. The number of rotatable bonds is 8. The molecule has 7 heteroatoms. The van der Waals surface area contributed by atoms with Crippen molar-refractivity contribution in [2.75, 3.05) is 70.9 Å². The van der Waals surface area contributed by atoms with Crippen molar-refractivity contribution in [3.63, 3.8) is 0 Å². The molecule has 156 valence electrons. The lowest BCUT2D eigenvalue weighted by molar-refractivity contribution is 0.102. The predicted molar refractivity (Wildman–Crippen MR) is 114 cm³/mol. The van der Waals surface area contributed by atoms with Crippen molar-refractivity contribution in [1.82, 2.24) is 4.90 Å². The molecule has 0 aromatic heterocycles. The molecule has 0 unspecified atom stereocenters. The first-order valence-corrected chi connectivity index (χ1v) is 9.74. The number of carbonyl (C=O) groups excluding carboxylic acids is 1. The maximum atomic E-state index is 12.6. The van der Waals surface area contributed by atoms with Crippen LogP contribution in [0.15, 0.2) is 42.5 Å². The molecule has 1 N–H and O–H groups in total. The molecule has 29 heavy (non-hydrogen) atoms. The number of hydrogen-bond acceptors (Lipinski definition) is 6. The monoisotopic (exact) mass is 399 g/mol. The lowest BCUT2D eigenvalue weighted by Gasteiger charge is -2.36. The molecule has 1 aliphatic rings. The number of methoxy groups -OCH3 is 3. The number of piperazine rings is 1. The Morgan fingerprint density at radius 3 is 2.24 bits per heavy atom. The van der Waals surface area contributed by atoms with Crippen molar-refractivity contribution in [2.45, 2.75) is 0 Å². The predicted octanol–water partition coefficient (Wildman–Crippen LogP) is 2.72. The van der Waals surface area contributed by atoms with Crippen LogP contribution in [0.25, 0.3) is 0 Å². The van der Waals surface area contributed by atoms with E-state index in [0.717, 1.165) is 45.0 Å². The Morgan fingerprint density at radius 2 is 1.62 bits per heavy atom. The minimum absolute atomic E-state index is 0.189. The summed E-state index contributed by atoms with van der Waals surface area (Å²) in [5, 5.41) is 2.93. The second kappa shape index (κ2) is 10.1. The van der Waals surface area contributed by atoms with Crippen molar-refractivity contribution >= 4 is 17.3 Å². The number of ether oxygens (including phenoxy) is 3. The number of nitrogens with one attached hydrogen (secondary N) is 1. The third-order valence-electron chi connectivity index (χ3n) is 5.12. The Hall–Kier alpha value is -2.77. The highest BCUT2D eigenvalue weighted by Crippen LogP contribution is 2.28. The first kappa shape index (κ1) is 21.0. The van der Waals surface area contributed by atoms with Crippen LogP contribution in [-0.2, 0) is 4.74 Å². The molecule has 1 aliphatic heterocycles. The van der Waals surface area contributed by atoms with Gasteiger partial charge in [0, 0.05) is 56.8 Å². The Morgan fingerprint density at radius 1 is 0.931 bits per heavy atom. The summed E-state index contributed by atoms with van der Waals surface area (Å²) >= 11 is 0. The largest absolute Gasteiger partial charge is 0.493 e. The lowest BCUT2D eigenvalue weighted by atomic mass is 10.1. The van der Waals surface area contributed by atoms with E-state index >= 15 is 0 Å². The van der Waals surface area contributed by atoms with Crippen LogP contribution in [-0.4, -0.2) is 71.5 Å². The molecule has 2 aromatic carbocycles. The van der Waals surface area contributed by atoms with E-state index in [1.54, 1.807) is 39.5 Å². The van der Waals surface area contributed by atoms with Gasteiger partial charge >= 0.3 is 0 Å². The summed E-state index contributed by atoms with van der Waals surface area (Å²) in [6.45, 7) is 5.78. The summed E-state index contributed by atoms with van der Waals surface area (Å²) in [5.74, 6) is 0.932. The van der Waals surface area contributed by atoms with E-state index < -0.39 is 0 Å². The molecule has 1 amide bonds. The van der Waals surface area contributed by atoms with E-state index in [1.165, 1.54) is 5.69 Å². The van der Waals surface area contributed by atoms with Gasteiger partial charge in [-0.05, 0) is 42.5 Å². The van der Waals surface area contributed by atoms with Crippen LogP contribution in [0.2, 0.25) is 0 Å². The average molecular weight is 399 g/mol. The second-order valence-corrected chi connectivity index (χ2v) is 6.89. The topological polar surface area (TPSA) is 63.3 Å². The van der Waals surface area contributed by atoms with Crippen LogP contribution in [0.3, 0.4) is 0 Å². The van der Waals surface area contributed by atoms with Gasteiger partial charge in [0.15, 0.2) is 11.5 Å². The molecule has 0 bridgehead atoms. The number of amides is 1. The maximum absolute atomic E-state index is 12.6. The first-order valence-electron chi connectivity index (χ1n) is 9.74. The molecule has 2 aromatic rings. The second-order valence-electron chi connectivity index (χ2n) is 6.89. The van der Waals surface area contributed by atoms with Crippen molar-refractivity contribution in [3.8, 4) is 11.5 Å². The van der Waals surface area contributed by atoms with Gasteiger partial charge in [-0.2, -0.15) is 0 Å². The third-order valence-corrected chi connectivity index (χ3v) is 5.12. The number of benzene rings is 2. The van der Waals surface area contributed by atoms with Crippen LogP contribution >= 0.6 is 0 Å². The molecule has 0 atom stereocenters. The molecule has 0 aliphatic carbocycles. The Bertz CT molecular complexity index is 802. The van der Waals surface area contributed by atoms with Gasteiger partial charge in [-0.25, -0.2) is 0 Å². The van der Waals surface area contributed by atoms with Gasteiger partial charge in [0.2, 0.25) is 0 Å². The van der Waals surface area contributed by atoms with E-state index in [1.807, 2.05) is 12.1 Å². The zero-order valence-electron chi connectivity index (χ0n) is 17.3. The standard InChI is InChI=1S/C22H29N3O4/c1-27-15-14-24-10-12-25(13-11-24)19-7-5-18(6-8-19)23-22(26)17-4-9-20(28-2)21(16-17)29-3/h4-9,16H,10-15H2,1-3H3,(H,23,26). The molecule has 0 radical (unpaired) electrons. The number of hydrogen-bond donors (Lipinski definition) is 1. The van der Waals surface area contributed by atoms with Gasteiger partial charge in [0.25, 0.3) is 5.91 Å². The minimum atomic E-state index is -0.189. The molecule has 1 fully saturated rings. The van der Waals surface area contributed by atoms with Gasteiger partial charge in [-0.1, -0.05) is 0 Å². The van der Waals surface area contributed by atoms with Crippen molar-refractivity contribution in [3.05, 3.63) is 48.0 Å². The first-order chi connectivity index (χ1) is 14.1. The fourth-order valence-electron chi connectivity index (χ4n) is 3.39. The smallest absolute Gasteiger partial charge is 0.255 e. The molecule has 7 nitrogen and oxygen atoms in total. The van der Waals surface area contributed by atoms with Crippen LogP contribution < -0.4 is 19.7 Å². The van der Waals surface area contributed by atoms with E-state index in [-0.39, 0.29) is 5.91 Å². The van der Waals surface area contributed by atoms with Crippen molar-refractivity contribution in [1.29, 1.82) is 0 Å². The summed E-state index contributed by atoms with van der Waals surface area (Å²) in [5.41, 5.74) is 2.44. The maximum Gasteiger partial charge on any atom is 0.255 e. The van der Waals surface area contributed by atoms with Crippen LogP contribution in [0.4, 0.5) is 11.4 Å². The number of carbonyl (C=O) groups is 1. The SMILES string of the molecule is COCCN1CCN(c2ccc(NC(=O)c3ccc(OC)c(OC)c3)cc2)CC1. The molecule has 3 rings (SSSR count). The fourth-order valence-corrected chi connectivity index (χ4v) is 3.39. The summed E-state index contributed by atoms with van der Waals surface area (Å²) in [7, 11) is 4.86. The van der Waals surface area contributed by atoms with Crippen LogP contribution in [0.1, 0.15) is 10.4 Å². The number of nitrogens with zero attached hydrogens (tertiary/aromatic N) is 2. The third kappa shape index (κ3) is 5.40. The van der Waals surface area contributed by atoms with E-state index in [4.69, 9.17) is 14.2 Å². The van der Waals surface area contributed by atoms with Crippen LogP contribution in [0, 0.1) is 0 Å². The average Bonchev–Trinajstić information content (AvgIpc) is 2.78. The molecular formula is C22H29N3O4. The Labute approximate surface area is 172 Å². The zero-order valence-corrected chi connectivity index (χ0v) is 17.3. The Balaban J connectivity index is 1.57.